The zero-order valence-electron chi connectivity index (χ0n) is 21.7. The quantitative estimate of drug-likeness (QED) is 0.208. The van der Waals surface area contributed by atoms with Crippen molar-refractivity contribution >= 4 is 11.7 Å². The number of nitrogens with zero attached hydrogens (tertiary/aromatic N) is 2. The highest BCUT2D eigenvalue weighted by atomic mass is 16.5. The molecule has 0 saturated heterocycles. The molecule has 0 spiro atoms. The Morgan fingerprint density at radius 2 is 2.14 bits per heavy atom. The van der Waals surface area contributed by atoms with E-state index < -0.39 is 5.97 Å². The number of unbranched alkanes of at least 4 members (excludes halogenated alkanes) is 2. The fraction of sp³-hybridized carbons (Fsp3) is 0.517. The van der Waals surface area contributed by atoms with Gasteiger partial charge in [-0.25, -0.2) is 4.79 Å². The molecule has 0 saturated carbocycles. The van der Waals surface area contributed by atoms with Crippen LogP contribution in [0.2, 0.25) is 0 Å². The van der Waals surface area contributed by atoms with Crippen LogP contribution in [0.5, 0.6) is 0 Å². The molecule has 1 aliphatic heterocycles. The third-order valence-electron chi connectivity index (χ3n) is 6.47. The lowest BCUT2D eigenvalue weighted by molar-refractivity contribution is 0.0697. The van der Waals surface area contributed by atoms with Crippen LogP contribution < -0.4 is 5.32 Å². The van der Waals surface area contributed by atoms with Gasteiger partial charge in [-0.1, -0.05) is 57.1 Å². The van der Waals surface area contributed by atoms with Gasteiger partial charge in [0.15, 0.2) is 0 Å². The molecule has 1 aromatic heterocycles. The number of hydrogen-bond acceptors (Lipinski definition) is 5. The lowest BCUT2D eigenvalue weighted by Gasteiger charge is -2.22. The Morgan fingerprint density at radius 3 is 2.86 bits per heavy atom. The second-order valence-electron chi connectivity index (χ2n) is 9.24. The van der Waals surface area contributed by atoms with Crippen molar-refractivity contribution in [1.82, 2.24) is 9.88 Å². The number of aromatic nitrogens is 1. The highest BCUT2D eigenvalue weighted by Gasteiger charge is 2.10. The molecule has 0 aliphatic carbocycles. The number of anilines is 1. The lowest BCUT2D eigenvalue weighted by Crippen LogP contribution is -2.21. The number of likely N-dealkylation sites (N-methyl/N-ethyl adjacent to an activating group) is 1. The van der Waals surface area contributed by atoms with E-state index in [0.29, 0.717) is 24.3 Å². The SMILES string of the molecule is C=C(/C=C\C(C)N(C)/C=C/C(CCC)CCCCCNc1cnccc1C(=O)O)C1=CCOCC1. The Balaban J connectivity index is 1.72. The molecule has 2 rings (SSSR count). The number of carboxylic acid groups (broad SMARTS) is 1. The van der Waals surface area contributed by atoms with Gasteiger partial charge in [0.2, 0.25) is 0 Å². The molecule has 35 heavy (non-hydrogen) atoms. The Morgan fingerprint density at radius 1 is 1.31 bits per heavy atom. The average molecular weight is 482 g/mol. The van der Waals surface area contributed by atoms with Crippen molar-refractivity contribution in [1.29, 1.82) is 0 Å². The Bertz CT molecular complexity index is 891. The number of pyridine rings is 1. The summed E-state index contributed by atoms with van der Waals surface area (Å²) < 4.78 is 5.38. The predicted molar refractivity (Wildman–Crippen MR) is 145 cm³/mol. The third-order valence-corrected chi connectivity index (χ3v) is 6.47. The zero-order valence-corrected chi connectivity index (χ0v) is 21.7. The summed E-state index contributed by atoms with van der Waals surface area (Å²) in [7, 11) is 2.13. The summed E-state index contributed by atoms with van der Waals surface area (Å²) >= 11 is 0. The Hall–Kier alpha value is -2.86. The largest absolute Gasteiger partial charge is 0.478 e. The average Bonchev–Trinajstić information content (AvgIpc) is 2.87. The van der Waals surface area contributed by atoms with E-state index in [1.807, 2.05) is 0 Å². The van der Waals surface area contributed by atoms with Crippen LogP contribution in [0.1, 0.15) is 69.2 Å². The van der Waals surface area contributed by atoms with E-state index >= 15 is 0 Å². The van der Waals surface area contributed by atoms with Crippen LogP contribution >= 0.6 is 0 Å². The van der Waals surface area contributed by atoms with E-state index in [4.69, 9.17) is 4.74 Å². The van der Waals surface area contributed by atoms with Gasteiger partial charge in [-0.3, -0.25) is 4.98 Å². The molecule has 0 amide bonds. The van der Waals surface area contributed by atoms with Crippen molar-refractivity contribution in [3.05, 3.63) is 72.3 Å². The summed E-state index contributed by atoms with van der Waals surface area (Å²) in [5.74, 6) is -0.355. The molecular formula is C29H43N3O3. The fourth-order valence-corrected chi connectivity index (χ4v) is 4.07. The van der Waals surface area contributed by atoms with Gasteiger partial charge in [0.25, 0.3) is 0 Å². The number of hydrogen-bond donors (Lipinski definition) is 2. The van der Waals surface area contributed by atoms with Crippen LogP contribution in [0.15, 0.2) is 66.7 Å². The molecule has 0 bridgehead atoms. The molecule has 2 atom stereocenters. The van der Waals surface area contributed by atoms with E-state index in [1.165, 1.54) is 37.1 Å². The molecule has 192 valence electrons. The van der Waals surface area contributed by atoms with E-state index in [1.54, 1.807) is 6.20 Å². The number of carboxylic acids is 1. The number of rotatable bonds is 16. The highest BCUT2D eigenvalue weighted by molar-refractivity contribution is 5.93. The molecule has 0 fully saturated rings. The number of allylic oxidation sites excluding steroid dienone is 3. The molecule has 1 aliphatic rings. The van der Waals surface area contributed by atoms with Crippen molar-refractivity contribution < 1.29 is 14.6 Å². The minimum Gasteiger partial charge on any atom is -0.478 e. The minimum absolute atomic E-state index is 0.270. The van der Waals surface area contributed by atoms with Gasteiger partial charge in [0.05, 0.1) is 30.7 Å². The normalized spacial score (nSPS) is 15.7. The molecule has 2 N–H and O–H groups in total. The maximum Gasteiger partial charge on any atom is 0.337 e. The molecule has 2 heterocycles. The second kappa shape index (κ2) is 15.9. The number of nitrogens with one attached hydrogen (secondary N) is 1. The van der Waals surface area contributed by atoms with Crippen molar-refractivity contribution in [2.45, 2.75) is 64.8 Å². The standard InChI is InChI=1S/C29H43N3O3/c1-5-9-25(10-7-6-8-17-31-28-22-30-18-13-27(28)29(33)34)14-19-32(4)24(3)12-11-23(2)26-15-20-35-21-16-26/h11-15,18-19,22,24-25,31H,2,5-10,16-17,20-21H2,1,3-4H3,(H,33,34)/b12-11-,19-14+. The van der Waals surface area contributed by atoms with E-state index in [9.17, 15) is 9.90 Å². The summed E-state index contributed by atoms with van der Waals surface area (Å²) in [6.07, 6.45) is 21.9. The first kappa shape index (κ1) is 28.4. The predicted octanol–water partition coefficient (Wildman–Crippen LogP) is 6.46. The van der Waals surface area contributed by atoms with Gasteiger partial charge in [0.1, 0.15) is 0 Å². The number of ether oxygens (including phenoxy) is 1. The number of aromatic carboxylic acids is 1. The molecule has 0 aromatic carbocycles. The highest BCUT2D eigenvalue weighted by Crippen LogP contribution is 2.20. The van der Waals surface area contributed by atoms with Crippen LogP contribution in [0.3, 0.4) is 0 Å². The van der Waals surface area contributed by atoms with Gasteiger partial charge >= 0.3 is 5.97 Å². The first-order valence-electron chi connectivity index (χ1n) is 12.9. The van der Waals surface area contributed by atoms with Crippen LogP contribution in [0.25, 0.3) is 0 Å². The smallest absolute Gasteiger partial charge is 0.337 e. The summed E-state index contributed by atoms with van der Waals surface area (Å²) in [4.78, 5) is 17.6. The van der Waals surface area contributed by atoms with Crippen molar-refractivity contribution in [2.75, 3.05) is 32.1 Å². The second-order valence-corrected chi connectivity index (χ2v) is 9.24. The van der Waals surface area contributed by atoms with Crippen LogP contribution in [0.4, 0.5) is 5.69 Å². The van der Waals surface area contributed by atoms with Crippen LogP contribution in [-0.2, 0) is 4.74 Å². The first-order chi connectivity index (χ1) is 16.9. The molecule has 1 aromatic rings. The summed E-state index contributed by atoms with van der Waals surface area (Å²) in [5.41, 5.74) is 3.23. The molecule has 0 radical (unpaired) electrons. The molecular weight excluding hydrogens is 438 g/mol. The minimum atomic E-state index is -0.930. The van der Waals surface area contributed by atoms with Crippen molar-refractivity contribution in [3.63, 3.8) is 0 Å². The zero-order chi connectivity index (χ0) is 25.5. The third kappa shape index (κ3) is 10.5. The maximum atomic E-state index is 11.3. The van der Waals surface area contributed by atoms with Crippen molar-refractivity contribution in [2.24, 2.45) is 5.92 Å². The summed E-state index contributed by atoms with van der Waals surface area (Å²) in [5, 5.41) is 12.5. The fourth-order valence-electron chi connectivity index (χ4n) is 4.07. The van der Waals surface area contributed by atoms with Gasteiger partial charge in [-0.05, 0) is 61.9 Å². The van der Waals surface area contributed by atoms with Crippen LogP contribution in [0, 0.1) is 5.92 Å². The van der Waals surface area contributed by atoms with Crippen molar-refractivity contribution in [3.8, 4) is 0 Å². The van der Waals surface area contributed by atoms with Gasteiger partial charge in [-0.2, -0.15) is 0 Å². The monoisotopic (exact) mass is 481 g/mol. The van der Waals surface area contributed by atoms with Gasteiger partial charge < -0.3 is 20.1 Å². The van der Waals surface area contributed by atoms with Crippen LogP contribution in [-0.4, -0.2) is 53.8 Å². The van der Waals surface area contributed by atoms with Gasteiger partial charge in [0, 0.05) is 25.8 Å². The Kier molecular flexibility index (Phi) is 12.9. The van der Waals surface area contributed by atoms with Gasteiger partial charge in [-0.15, -0.1) is 0 Å². The van der Waals surface area contributed by atoms with E-state index in [-0.39, 0.29) is 5.56 Å². The molecule has 6 nitrogen and oxygen atoms in total. The lowest BCUT2D eigenvalue weighted by atomic mass is 9.96. The molecule has 6 heteroatoms. The van der Waals surface area contributed by atoms with E-state index in [0.717, 1.165) is 44.4 Å². The maximum absolute atomic E-state index is 11.3. The first-order valence-corrected chi connectivity index (χ1v) is 12.9. The Labute approximate surface area is 211 Å². The molecule has 2 unspecified atom stereocenters. The van der Waals surface area contributed by atoms with E-state index in [2.05, 4.69) is 73.2 Å². The number of carbonyl (C=O) groups is 1. The topological polar surface area (TPSA) is 74.7 Å². The summed E-state index contributed by atoms with van der Waals surface area (Å²) in [6.45, 7) is 10.9. The summed E-state index contributed by atoms with van der Waals surface area (Å²) in [6, 6.07) is 1.82.